The van der Waals surface area contributed by atoms with E-state index in [-0.39, 0.29) is 27.7 Å². The number of rotatable bonds is 5. The summed E-state index contributed by atoms with van der Waals surface area (Å²) in [6, 6.07) is 3.50. The molecule has 0 saturated heterocycles. The largest absolute Gasteiger partial charge is 0.338 e. The Labute approximate surface area is 150 Å². The van der Waals surface area contributed by atoms with Gasteiger partial charge in [-0.05, 0) is 50.4 Å². The van der Waals surface area contributed by atoms with Crippen LogP contribution in [0.4, 0.5) is 20.7 Å². The predicted octanol–water partition coefficient (Wildman–Crippen LogP) is 2.81. The van der Waals surface area contributed by atoms with Crippen LogP contribution in [0.25, 0.3) is 0 Å². The number of aromatic nitrogens is 2. The average molecular weight is 415 g/mol. The van der Waals surface area contributed by atoms with Crippen LogP contribution in [0, 0.1) is 11.7 Å². The number of amidine groups is 1. The quantitative estimate of drug-likeness (QED) is 0.338. The number of urea groups is 1. The van der Waals surface area contributed by atoms with Crippen LogP contribution in [0.2, 0.25) is 0 Å². The van der Waals surface area contributed by atoms with Crippen molar-refractivity contribution in [2.75, 3.05) is 11.9 Å². The minimum absolute atomic E-state index is 0.0253. The fraction of sp³-hybridized carbons (Fsp3) is 0.286. The first kappa shape index (κ1) is 18.8. The van der Waals surface area contributed by atoms with Crippen molar-refractivity contribution >= 4 is 39.3 Å². The molecular weight excluding hydrogens is 399 g/mol. The van der Waals surface area contributed by atoms with E-state index in [1.54, 1.807) is 0 Å². The molecule has 0 saturated carbocycles. The molecule has 0 fully saturated rings. The Balaban J connectivity index is 2.21. The Morgan fingerprint density at radius 3 is 2.84 bits per heavy atom. The van der Waals surface area contributed by atoms with Crippen LogP contribution < -0.4 is 16.1 Å². The number of carbonyl (C=O) groups excluding carboxylic acids is 1. The van der Waals surface area contributed by atoms with Gasteiger partial charge >= 0.3 is 6.03 Å². The van der Waals surface area contributed by atoms with Gasteiger partial charge in [0.15, 0.2) is 11.5 Å². The Morgan fingerprint density at radius 1 is 1.44 bits per heavy atom. The van der Waals surface area contributed by atoms with Crippen molar-refractivity contribution in [3.05, 3.63) is 34.2 Å². The van der Waals surface area contributed by atoms with E-state index in [1.165, 1.54) is 18.2 Å². The zero-order chi connectivity index (χ0) is 18.4. The minimum Gasteiger partial charge on any atom is -0.338 e. The molecule has 1 aromatic heterocycles. The number of halogens is 2. The van der Waals surface area contributed by atoms with E-state index in [0.29, 0.717) is 12.2 Å². The van der Waals surface area contributed by atoms with Gasteiger partial charge in [0.05, 0.1) is 10.2 Å². The summed E-state index contributed by atoms with van der Waals surface area (Å²) in [6.07, 6.45) is 0. The van der Waals surface area contributed by atoms with E-state index in [0.717, 1.165) is 0 Å². The normalized spacial score (nSPS) is 11.5. The zero-order valence-corrected chi connectivity index (χ0v) is 15.0. The topological polar surface area (TPSA) is 125 Å². The summed E-state index contributed by atoms with van der Waals surface area (Å²) < 4.78 is 18.1. The second kappa shape index (κ2) is 8.53. The van der Waals surface area contributed by atoms with Crippen LogP contribution in [0.15, 0.2) is 32.3 Å². The van der Waals surface area contributed by atoms with Crippen molar-refractivity contribution in [2.45, 2.75) is 13.8 Å². The maximum atomic E-state index is 13.3. The Morgan fingerprint density at radius 2 is 2.20 bits per heavy atom. The highest BCUT2D eigenvalue weighted by atomic mass is 79.9. The second-order valence-corrected chi connectivity index (χ2v) is 6.22. The van der Waals surface area contributed by atoms with Gasteiger partial charge < -0.3 is 5.32 Å². The maximum Gasteiger partial charge on any atom is 0.320 e. The number of amides is 2. The van der Waals surface area contributed by atoms with Gasteiger partial charge in [-0.15, -0.1) is 0 Å². The van der Waals surface area contributed by atoms with Gasteiger partial charge in [-0.3, -0.25) is 16.0 Å². The molecule has 0 aliphatic carbocycles. The van der Waals surface area contributed by atoms with Crippen LogP contribution in [-0.4, -0.2) is 33.9 Å². The van der Waals surface area contributed by atoms with E-state index in [2.05, 4.69) is 46.5 Å². The van der Waals surface area contributed by atoms with Crippen LogP contribution in [0.1, 0.15) is 19.5 Å². The van der Waals surface area contributed by atoms with Gasteiger partial charge in [-0.1, -0.05) is 13.8 Å². The highest BCUT2D eigenvalue weighted by molar-refractivity contribution is 9.10. The smallest absolute Gasteiger partial charge is 0.320 e. The van der Waals surface area contributed by atoms with Crippen LogP contribution >= 0.6 is 15.9 Å². The Kier molecular flexibility index (Phi) is 6.42. The summed E-state index contributed by atoms with van der Waals surface area (Å²) in [7, 11) is 0. The van der Waals surface area contributed by atoms with Crippen LogP contribution in [0.5, 0.6) is 0 Å². The average Bonchev–Trinajstić information content (AvgIpc) is 3.02. The molecule has 4 N–H and O–H groups in total. The monoisotopic (exact) mass is 414 g/mol. The Hall–Kier alpha value is -2.53. The molecule has 11 heteroatoms. The van der Waals surface area contributed by atoms with E-state index in [9.17, 15) is 14.4 Å². The van der Waals surface area contributed by atoms with Gasteiger partial charge in [-0.2, -0.15) is 0 Å². The lowest BCUT2D eigenvalue weighted by Crippen LogP contribution is -2.32. The number of benzene rings is 1. The third-order valence-electron chi connectivity index (χ3n) is 2.87. The molecule has 1 aromatic carbocycles. The second-order valence-electron chi connectivity index (χ2n) is 5.36. The highest BCUT2D eigenvalue weighted by Crippen LogP contribution is 2.23. The fourth-order valence-electron chi connectivity index (χ4n) is 1.69. The summed E-state index contributed by atoms with van der Waals surface area (Å²) in [6.45, 7) is 4.37. The summed E-state index contributed by atoms with van der Waals surface area (Å²) in [5.41, 5.74) is 2.15. The lowest BCUT2D eigenvalue weighted by atomic mass is 10.2. The van der Waals surface area contributed by atoms with E-state index in [4.69, 9.17) is 0 Å². The molecule has 0 aliphatic rings. The number of hydrogen-bond acceptors (Lipinski definition) is 6. The summed E-state index contributed by atoms with van der Waals surface area (Å²) >= 11 is 3.04. The fourth-order valence-corrected chi connectivity index (χ4v) is 2.06. The lowest BCUT2D eigenvalue weighted by molar-refractivity contribution is 0.234. The van der Waals surface area contributed by atoms with Crippen molar-refractivity contribution < 1.29 is 19.0 Å². The standard InChI is InChI=1S/C14H16BrFN6O3/c1-7(2)6-17-14(23)19-13-11(21-25-22-13)12(20-24)18-8-3-4-10(16)9(15)5-8/h3-5,7,24H,6H2,1-2H3,(H,18,20)(H2,17,19,22,23). The number of hydrogen-bond donors (Lipinski definition) is 4. The molecule has 0 radical (unpaired) electrons. The summed E-state index contributed by atoms with van der Waals surface area (Å²) in [5, 5.41) is 21.6. The first-order chi connectivity index (χ1) is 11.9. The summed E-state index contributed by atoms with van der Waals surface area (Å²) in [5.74, 6) is -0.361. The van der Waals surface area contributed by atoms with Gasteiger partial charge in [0.1, 0.15) is 5.82 Å². The number of carbonyl (C=O) groups is 1. The first-order valence-corrected chi connectivity index (χ1v) is 8.01. The number of hydroxylamine groups is 1. The van der Waals surface area contributed by atoms with Crippen molar-refractivity contribution in [1.82, 2.24) is 21.1 Å². The molecule has 9 nitrogen and oxygen atoms in total. The third kappa shape index (κ3) is 5.22. The van der Waals surface area contributed by atoms with Gasteiger partial charge in [0.25, 0.3) is 0 Å². The van der Waals surface area contributed by atoms with Crippen molar-refractivity contribution in [3.63, 3.8) is 0 Å². The van der Waals surface area contributed by atoms with Crippen molar-refractivity contribution in [3.8, 4) is 0 Å². The molecule has 134 valence electrons. The highest BCUT2D eigenvalue weighted by Gasteiger charge is 2.19. The SMILES string of the molecule is CC(C)CNC(=O)Nc1nonc1C(=Nc1ccc(F)c(Br)c1)NO. The van der Waals surface area contributed by atoms with Crippen LogP contribution in [-0.2, 0) is 0 Å². The molecule has 1 heterocycles. The predicted molar refractivity (Wildman–Crippen MR) is 91.4 cm³/mol. The van der Waals surface area contributed by atoms with Gasteiger partial charge in [-0.25, -0.2) is 18.8 Å². The summed E-state index contributed by atoms with van der Waals surface area (Å²) in [4.78, 5) is 15.9. The Bertz CT molecular complexity index is 780. The van der Waals surface area contributed by atoms with Gasteiger partial charge in [0, 0.05) is 6.54 Å². The molecule has 25 heavy (non-hydrogen) atoms. The van der Waals surface area contributed by atoms with E-state index < -0.39 is 11.8 Å². The number of nitrogens with zero attached hydrogens (tertiary/aromatic N) is 3. The minimum atomic E-state index is -0.507. The molecule has 0 atom stereocenters. The molecular formula is C14H16BrFN6O3. The lowest BCUT2D eigenvalue weighted by Gasteiger charge is -2.08. The van der Waals surface area contributed by atoms with E-state index >= 15 is 0 Å². The number of aliphatic imine (C=N–C) groups is 1. The molecule has 0 aliphatic heterocycles. The molecule has 0 spiro atoms. The molecule has 2 amide bonds. The van der Waals surface area contributed by atoms with E-state index in [1.807, 2.05) is 19.3 Å². The molecule has 2 rings (SSSR count). The van der Waals surface area contributed by atoms with Crippen molar-refractivity contribution in [2.24, 2.45) is 10.9 Å². The molecule has 0 unspecified atom stereocenters. The van der Waals surface area contributed by atoms with Crippen LogP contribution in [0.3, 0.4) is 0 Å². The molecule has 0 bridgehead atoms. The van der Waals surface area contributed by atoms with Gasteiger partial charge in [0.2, 0.25) is 5.82 Å². The zero-order valence-electron chi connectivity index (χ0n) is 13.4. The first-order valence-electron chi connectivity index (χ1n) is 7.22. The number of nitrogens with one attached hydrogen (secondary N) is 3. The third-order valence-corrected chi connectivity index (χ3v) is 3.47. The maximum absolute atomic E-state index is 13.3. The molecule has 2 aromatic rings. The van der Waals surface area contributed by atoms with Crippen molar-refractivity contribution in [1.29, 1.82) is 0 Å². The number of anilines is 1.